The Morgan fingerprint density at radius 1 is 1.19 bits per heavy atom. The summed E-state index contributed by atoms with van der Waals surface area (Å²) in [4.78, 5) is 11.4. The number of nitrogens with one attached hydrogen (secondary N) is 1. The number of aliphatic hydroxyl groups is 1. The first kappa shape index (κ1) is 20.1. The van der Waals surface area contributed by atoms with Gasteiger partial charge in [0.2, 0.25) is 5.95 Å². The minimum atomic E-state index is 0.0682. The first-order chi connectivity index (χ1) is 15.7. The molecule has 1 unspecified atom stereocenters. The first-order valence-corrected chi connectivity index (χ1v) is 10.5. The zero-order valence-corrected chi connectivity index (χ0v) is 18.0. The summed E-state index contributed by atoms with van der Waals surface area (Å²) >= 11 is 0. The second-order valence-electron chi connectivity index (χ2n) is 7.63. The molecule has 0 bridgehead atoms. The Labute approximate surface area is 185 Å². The molecular formula is C22H25N7O3. The monoisotopic (exact) mass is 435 g/mol. The molecule has 0 saturated carbocycles. The van der Waals surface area contributed by atoms with Crippen molar-refractivity contribution in [3.05, 3.63) is 49.1 Å². The van der Waals surface area contributed by atoms with Crippen LogP contribution in [-0.2, 0) is 0 Å². The van der Waals surface area contributed by atoms with Crippen LogP contribution in [0.3, 0.4) is 0 Å². The molecule has 32 heavy (non-hydrogen) atoms. The number of methoxy groups -OCH3 is 2. The van der Waals surface area contributed by atoms with Gasteiger partial charge in [-0.2, -0.15) is 4.98 Å². The lowest BCUT2D eigenvalue weighted by Gasteiger charge is -2.25. The van der Waals surface area contributed by atoms with Crippen LogP contribution in [0.25, 0.3) is 11.2 Å². The van der Waals surface area contributed by atoms with Gasteiger partial charge in [-0.05, 0) is 25.0 Å². The van der Waals surface area contributed by atoms with Gasteiger partial charge in [-0.25, -0.2) is 9.50 Å². The fourth-order valence-corrected chi connectivity index (χ4v) is 4.07. The number of anilines is 3. The Hall–Kier alpha value is -3.79. The van der Waals surface area contributed by atoms with E-state index in [2.05, 4.69) is 20.3 Å². The Bertz CT molecular complexity index is 1210. The van der Waals surface area contributed by atoms with Gasteiger partial charge in [-0.1, -0.05) is 0 Å². The van der Waals surface area contributed by atoms with Gasteiger partial charge in [0.1, 0.15) is 23.3 Å². The highest BCUT2D eigenvalue weighted by molar-refractivity contribution is 5.71. The summed E-state index contributed by atoms with van der Waals surface area (Å²) in [7, 11) is 3.24. The number of aliphatic hydroxyl groups excluding tert-OH is 1. The van der Waals surface area contributed by atoms with E-state index in [-0.39, 0.29) is 12.6 Å². The number of imidazole rings is 1. The highest BCUT2D eigenvalue weighted by Crippen LogP contribution is 2.29. The fraction of sp³-hybridized carbons (Fsp3) is 0.318. The fourth-order valence-electron chi connectivity index (χ4n) is 4.07. The minimum absolute atomic E-state index is 0.0682. The quantitative estimate of drug-likeness (QED) is 0.457. The number of ether oxygens (including phenoxy) is 2. The average molecular weight is 435 g/mol. The van der Waals surface area contributed by atoms with E-state index in [0.717, 1.165) is 36.4 Å². The van der Waals surface area contributed by atoms with Crippen molar-refractivity contribution >= 4 is 23.1 Å². The molecule has 0 amide bonds. The maximum Gasteiger partial charge on any atom is 0.248 e. The van der Waals surface area contributed by atoms with Crippen LogP contribution in [0.4, 0.5) is 17.6 Å². The van der Waals surface area contributed by atoms with Crippen molar-refractivity contribution in [2.45, 2.75) is 18.9 Å². The van der Waals surface area contributed by atoms with Crippen molar-refractivity contribution in [2.75, 3.05) is 37.6 Å². The van der Waals surface area contributed by atoms with Crippen LogP contribution < -0.4 is 19.7 Å². The van der Waals surface area contributed by atoms with E-state index in [9.17, 15) is 5.11 Å². The summed E-state index contributed by atoms with van der Waals surface area (Å²) in [6, 6.07) is 9.61. The summed E-state index contributed by atoms with van der Waals surface area (Å²) < 4.78 is 14.4. The number of aromatic nitrogens is 5. The maximum absolute atomic E-state index is 9.77. The third kappa shape index (κ3) is 3.69. The van der Waals surface area contributed by atoms with Crippen LogP contribution >= 0.6 is 0 Å². The molecule has 10 nitrogen and oxygen atoms in total. The van der Waals surface area contributed by atoms with Crippen LogP contribution in [0.2, 0.25) is 0 Å². The number of hydrogen-bond acceptors (Lipinski definition) is 8. The molecule has 4 heterocycles. The molecular weight excluding hydrogens is 410 g/mol. The Balaban J connectivity index is 1.45. The lowest BCUT2D eigenvalue weighted by Crippen LogP contribution is -2.33. The standard InChI is InChI=1S/C22H25N7O3/c1-31-17-9-16(10-18(11-17)32-2)27-12-20(23-14-27)24-22-25-21(19-6-4-8-29(19)26-22)28-7-3-5-15(28)13-30/h4,6,8-12,14-15,30H,3,5,7,13H2,1-2H3,(H,24,26). The molecule has 10 heteroatoms. The number of hydrogen-bond donors (Lipinski definition) is 2. The molecule has 1 saturated heterocycles. The maximum atomic E-state index is 9.77. The van der Waals surface area contributed by atoms with Crippen molar-refractivity contribution in [3.8, 4) is 17.2 Å². The van der Waals surface area contributed by atoms with Crippen LogP contribution in [0.1, 0.15) is 12.8 Å². The Morgan fingerprint density at radius 2 is 2.00 bits per heavy atom. The summed E-state index contributed by atoms with van der Waals surface area (Å²) in [5.41, 5.74) is 1.76. The van der Waals surface area contributed by atoms with Crippen molar-refractivity contribution in [3.63, 3.8) is 0 Å². The molecule has 1 fully saturated rings. The lowest BCUT2D eigenvalue weighted by molar-refractivity contribution is 0.266. The van der Waals surface area contributed by atoms with Crippen molar-refractivity contribution in [2.24, 2.45) is 0 Å². The number of rotatable bonds is 7. The SMILES string of the molecule is COc1cc(OC)cc(-n2cnc(Nc3nc(N4CCCC4CO)c4cccn4n3)c2)c1. The van der Waals surface area contributed by atoms with Crippen LogP contribution in [0.5, 0.6) is 11.5 Å². The molecule has 5 rings (SSSR count). The van der Waals surface area contributed by atoms with E-state index in [1.165, 1.54) is 0 Å². The van der Waals surface area contributed by atoms with Crippen molar-refractivity contribution in [1.82, 2.24) is 24.1 Å². The van der Waals surface area contributed by atoms with E-state index < -0.39 is 0 Å². The van der Waals surface area contributed by atoms with Crippen LogP contribution in [0.15, 0.2) is 49.1 Å². The number of benzene rings is 1. The van der Waals surface area contributed by atoms with E-state index in [1.807, 2.05) is 47.3 Å². The molecule has 3 aromatic heterocycles. The molecule has 1 atom stereocenters. The largest absolute Gasteiger partial charge is 0.497 e. The predicted octanol–water partition coefficient (Wildman–Crippen LogP) is 2.64. The average Bonchev–Trinajstić information content (AvgIpc) is 3.58. The van der Waals surface area contributed by atoms with Crippen LogP contribution in [0, 0.1) is 0 Å². The molecule has 1 aromatic carbocycles. The van der Waals surface area contributed by atoms with Crippen molar-refractivity contribution < 1.29 is 14.6 Å². The normalized spacial score (nSPS) is 16.0. The Kier molecular flexibility index (Phi) is 5.28. The first-order valence-electron chi connectivity index (χ1n) is 10.5. The molecule has 2 N–H and O–H groups in total. The van der Waals surface area contributed by atoms with Gasteiger partial charge < -0.3 is 29.4 Å². The highest BCUT2D eigenvalue weighted by Gasteiger charge is 2.27. The van der Waals surface area contributed by atoms with Gasteiger partial charge in [-0.3, -0.25) is 0 Å². The molecule has 0 spiro atoms. The summed E-state index contributed by atoms with van der Waals surface area (Å²) in [5.74, 6) is 3.22. The summed E-state index contributed by atoms with van der Waals surface area (Å²) in [6.07, 6.45) is 7.41. The minimum Gasteiger partial charge on any atom is -0.497 e. The molecule has 4 aromatic rings. The topological polar surface area (TPSA) is 102 Å². The van der Waals surface area contributed by atoms with Crippen LogP contribution in [-0.4, -0.2) is 62.7 Å². The van der Waals surface area contributed by atoms with Gasteiger partial charge in [-0.15, -0.1) is 5.10 Å². The van der Waals surface area contributed by atoms with Gasteiger partial charge in [0.05, 0.1) is 38.8 Å². The van der Waals surface area contributed by atoms with Gasteiger partial charge in [0.25, 0.3) is 0 Å². The van der Waals surface area contributed by atoms with E-state index in [1.54, 1.807) is 25.1 Å². The van der Waals surface area contributed by atoms with E-state index in [0.29, 0.717) is 23.3 Å². The smallest absolute Gasteiger partial charge is 0.248 e. The zero-order valence-electron chi connectivity index (χ0n) is 18.0. The number of fused-ring (bicyclic) bond motifs is 1. The van der Waals surface area contributed by atoms with Gasteiger partial charge in [0.15, 0.2) is 11.6 Å². The van der Waals surface area contributed by atoms with Crippen molar-refractivity contribution in [1.29, 1.82) is 0 Å². The summed E-state index contributed by atoms with van der Waals surface area (Å²) in [5, 5.41) is 17.5. The molecule has 0 radical (unpaired) electrons. The Morgan fingerprint density at radius 3 is 2.75 bits per heavy atom. The molecule has 1 aliphatic heterocycles. The molecule has 166 valence electrons. The zero-order chi connectivity index (χ0) is 22.1. The second kappa shape index (κ2) is 8.39. The predicted molar refractivity (Wildman–Crippen MR) is 120 cm³/mol. The number of nitrogens with zero attached hydrogens (tertiary/aromatic N) is 6. The third-order valence-electron chi connectivity index (χ3n) is 5.69. The van der Waals surface area contributed by atoms with Gasteiger partial charge in [0, 0.05) is 30.9 Å². The van der Waals surface area contributed by atoms with E-state index >= 15 is 0 Å². The lowest BCUT2D eigenvalue weighted by atomic mass is 10.2. The van der Waals surface area contributed by atoms with E-state index in [4.69, 9.17) is 14.5 Å². The molecule has 1 aliphatic rings. The molecule has 0 aliphatic carbocycles. The second-order valence-corrected chi connectivity index (χ2v) is 7.63. The highest BCUT2D eigenvalue weighted by atomic mass is 16.5. The third-order valence-corrected chi connectivity index (χ3v) is 5.69. The van der Waals surface area contributed by atoms with Gasteiger partial charge >= 0.3 is 0 Å². The summed E-state index contributed by atoms with van der Waals surface area (Å²) in [6.45, 7) is 0.961.